The van der Waals surface area contributed by atoms with Crippen molar-refractivity contribution in [3.63, 3.8) is 0 Å². The van der Waals surface area contributed by atoms with Gasteiger partial charge >= 0.3 is 0 Å². The van der Waals surface area contributed by atoms with Gasteiger partial charge in [-0.2, -0.15) is 0 Å². The molecule has 0 aromatic carbocycles. The molecule has 0 aromatic heterocycles. The lowest BCUT2D eigenvalue weighted by atomic mass is 9.44. The van der Waals surface area contributed by atoms with Gasteiger partial charge in [0.1, 0.15) is 5.78 Å². The number of hydrogen-bond acceptors (Lipinski definition) is 2. The van der Waals surface area contributed by atoms with Gasteiger partial charge < -0.3 is 5.11 Å². The molecule has 130 valence electrons. The lowest BCUT2D eigenvalue weighted by Crippen LogP contribution is -2.54. The van der Waals surface area contributed by atoms with E-state index >= 15 is 0 Å². The van der Waals surface area contributed by atoms with E-state index in [-0.39, 0.29) is 22.7 Å². The van der Waals surface area contributed by atoms with Gasteiger partial charge in [0, 0.05) is 8.64 Å². The smallest absolute Gasteiger partial charge is 0.133 e. The normalized spacial score (nSPS) is 63.3. The topological polar surface area (TPSA) is 37.3 Å². The first-order valence-corrected chi connectivity index (χ1v) is 9.77. The second-order valence-corrected chi connectivity index (χ2v) is 9.36. The summed E-state index contributed by atoms with van der Waals surface area (Å²) in [7, 11) is 0. The summed E-state index contributed by atoms with van der Waals surface area (Å²) < 4.78 is 18.1. The van der Waals surface area contributed by atoms with Crippen LogP contribution in [0.1, 0.15) is 81.3 Å². The fourth-order valence-corrected chi connectivity index (χ4v) is 7.31. The van der Waals surface area contributed by atoms with Crippen molar-refractivity contribution in [3.05, 3.63) is 0 Å². The van der Waals surface area contributed by atoms with E-state index in [0.717, 1.165) is 44.9 Å². The third kappa shape index (κ3) is 2.19. The van der Waals surface area contributed by atoms with Gasteiger partial charge in [-0.15, -0.1) is 0 Å². The Morgan fingerprint density at radius 2 is 1.70 bits per heavy atom. The van der Waals surface area contributed by atoms with Gasteiger partial charge in [-0.1, -0.05) is 13.8 Å². The molecular formula is C21H34O2. The second kappa shape index (κ2) is 5.31. The molecule has 0 heterocycles. The maximum atomic E-state index is 12.3. The van der Waals surface area contributed by atoms with E-state index in [2.05, 4.69) is 13.8 Å². The van der Waals surface area contributed by atoms with Crippen LogP contribution < -0.4 is 0 Å². The molecule has 2 heteroatoms. The highest BCUT2D eigenvalue weighted by atomic mass is 16.3. The van der Waals surface area contributed by atoms with Crippen molar-refractivity contribution >= 4 is 5.78 Å². The number of rotatable bonds is 1. The average molecular weight is 321 g/mol. The van der Waals surface area contributed by atoms with Crippen molar-refractivity contribution in [1.82, 2.24) is 0 Å². The van der Waals surface area contributed by atoms with Crippen LogP contribution in [0.4, 0.5) is 0 Å². The average Bonchev–Trinajstić information content (AvgIpc) is 2.82. The van der Waals surface area contributed by atoms with Gasteiger partial charge in [0.25, 0.3) is 0 Å². The van der Waals surface area contributed by atoms with E-state index in [1.165, 1.54) is 0 Å². The molecule has 0 aromatic rings. The molecule has 4 aliphatic rings. The standard InChI is InChI=1S/C21H34O2/c1-13(22)17-6-7-18-16-5-4-14-12-15(23)8-10-20(14,2)19(16)9-11-21(17,18)3/h14-19,23H,4-12H2,1-3H3/t14-,15+,16+,17-,18+,19+,20+,21-/m1/s1/i14D,17D. The SMILES string of the molecule is [2H][C@]12CC[C@H]3[C@@H]4CC[C@]([2H])(C(C)=O)[C@@]4(C)CC[C@@H]3[C@@]1(C)CC[C@H](O)C2. The molecule has 1 N–H and O–H groups in total. The molecule has 0 radical (unpaired) electrons. The highest BCUT2D eigenvalue weighted by Crippen LogP contribution is 2.67. The molecule has 0 unspecified atom stereocenters. The Balaban J connectivity index is 1.68. The third-order valence-corrected chi connectivity index (χ3v) is 8.53. The van der Waals surface area contributed by atoms with Crippen molar-refractivity contribution in [1.29, 1.82) is 0 Å². The first-order chi connectivity index (χ1) is 11.6. The third-order valence-electron chi connectivity index (χ3n) is 8.53. The van der Waals surface area contributed by atoms with Crippen LogP contribution >= 0.6 is 0 Å². The number of aliphatic hydroxyl groups excluding tert-OH is 1. The number of carbonyl (C=O) groups excluding carboxylic acids is 1. The minimum absolute atomic E-state index is 0.0139. The monoisotopic (exact) mass is 320 g/mol. The molecule has 0 saturated heterocycles. The number of ketones is 1. The Morgan fingerprint density at radius 3 is 2.43 bits per heavy atom. The van der Waals surface area contributed by atoms with Crippen LogP contribution in [0, 0.1) is 40.4 Å². The summed E-state index contributed by atoms with van der Waals surface area (Å²) in [6, 6.07) is 0. The number of hydrogen-bond donors (Lipinski definition) is 1. The van der Waals surface area contributed by atoms with Gasteiger partial charge in [-0.3, -0.25) is 4.79 Å². The predicted molar refractivity (Wildman–Crippen MR) is 91.9 cm³/mol. The minimum Gasteiger partial charge on any atom is -0.393 e. The summed E-state index contributed by atoms with van der Waals surface area (Å²) in [6.45, 7) is 6.15. The summed E-state index contributed by atoms with van der Waals surface area (Å²) in [5, 5.41) is 10.2. The first-order valence-electron chi connectivity index (χ1n) is 10.8. The summed E-state index contributed by atoms with van der Waals surface area (Å²) >= 11 is 0. The van der Waals surface area contributed by atoms with E-state index < -0.39 is 11.8 Å². The van der Waals surface area contributed by atoms with Gasteiger partial charge in [0.15, 0.2) is 0 Å². The van der Waals surface area contributed by atoms with Gasteiger partial charge in [0.05, 0.1) is 6.10 Å². The summed E-state index contributed by atoms with van der Waals surface area (Å²) in [6.07, 6.45) is 7.77. The van der Waals surface area contributed by atoms with Crippen LogP contribution in [-0.4, -0.2) is 17.0 Å². The zero-order valence-electron chi connectivity index (χ0n) is 17.0. The Bertz CT molecular complexity index is 594. The van der Waals surface area contributed by atoms with Crippen molar-refractivity contribution < 1.29 is 12.6 Å². The molecule has 4 rings (SSSR count). The fraction of sp³-hybridized carbons (Fsp3) is 0.952. The largest absolute Gasteiger partial charge is 0.393 e. The summed E-state index contributed by atoms with van der Waals surface area (Å²) in [5.41, 5.74) is -0.202. The number of Topliss-reactive ketones (excluding diaryl/α,β-unsaturated/α-hetero) is 1. The number of aliphatic hydroxyl groups is 1. The van der Waals surface area contributed by atoms with Crippen molar-refractivity contribution in [2.24, 2.45) is 40.4 Å². The van der Waals surface area contributed by atoms with E-state index in [9.17, 15) is 9.90 Å². The zero-order valence-corrected chi connectivity index (χ0v) is 15.0. The van der Waals surface area contributed by atoms with Crippen LogP contribution in [-0.2, 0) is 4.79 Å². The lowest BCUT2D eigenvalue weighted by Gasteiger charge is -2.60. The van der Waals surface area contributed by atoms with E-state index in [0.29, 0.717) is 30.6 Å². The summed E-state index contributed by atoms with van der Waals surface area (Å²) in [5.74, 6) is 0.204. The molecule has 2 nitrogen and oxygen atoms in total. The van der Waals surface area contributed by atoms with Crippen molar-refractivity contribution in [3.8, 4) is 0 Å². The van der Waals surface area contributed by atoms with E-state index in [1.807, 2.05) is 0 Å². The fourth-order valence-electron chi connectivity index (χ4n) is 7.31. The molecule has 8 atom stereocenters. The molecule has 0 bridgehead atoms. The maximum Gasteiger partial charge on any atom is 0.133 e. The van der Waals surface area contributed by atoms with Crippen LogP contribution in [0.2, 0.25) is 0 Å². The van der Waals surface area contributed by atoms with Crippen molar-refractivity contribution in [2.75, 3.05) is 0 Å². The highest BCUT2D eigenvalue weighted by Gasteiger charge is 2.60. The molecule has 0 spiro atoms. The number of fused-ring (bicyclic) bond motifs is 5. The van der Waals surface area contributed by atoms with Crippen LogP contribution in [0.5, 0.6) is 0 Å². The Morgan fingerprint density at radius 1 is 1.00 bits per heavy atom. The Kier molecular flexibility index (Phi) is 3.20. The van der Waals surface area contributed by atoms with Crippen LogP contribution in [0.15, 0.2) is 0 Å². The molecular weight excluding hydrogens is 284 g/mol. The first kappa shape index (κ1) is 13.9. The quantitative estimate of drug-likeness (QED) is 0.767. The molecule has 0 amide bonds. The van der Waals surface area contributed by atoms with Crippen molar-refractivity contribution in [2.45, 2.75) is 84.7 Å². The summed E-state index contributed by atoms with van der Waals surface area (Å²) in [4.78, 5) is 12.3. The predicted octanol–water partition coefficient (Wildman–Crippen LogP) is 4.60. The van der Waals surface area contributed by atoms with Gasteiger partial charge in [0.2, 0.25) is 0 Å². The molecule has 4 saturated carbocycles. The molecule has 4 aliphatic carbocycles. The number of carbonyl (C=O) groups is 1. The highest BCUT2D eigenvalue weighted by molar-refractivity contribution is 5.79. The van der Waals surface area contributed by atoms with E-state index in [1.54, 1.807) is 6.92 Å². The van der Waals surface area contributed by atoms with Crippen LogP contribution in [0.3, 0.4) is 0 Å². The molecule has 0 aliphatic heterocycles. The second-order valence-electron chi connectivity index (χ2n) is 9.36. The maximum absolute atomic E-state index is 12.3. The van der Waals surface area contributed by atoms with Gasteiger partial charge in [-0.25, -0.2) is 0 Å². The Labute approximate surface area is 144 Å². The zero-order chi connectivity index (χ0) is 18.3. The molecule has 23 heavy (non-hydrogen) atoms. The molecule has 4 fully saturated rings. The lowest BCUT2D eigenvalue weighted by molar-refractivity contribution is -0.138. The Hall–Kier alpha value is -0.370. The van der Waals surface area contributed by atoms with Crippen LogP contribution in [0.25, 0.3) is 0 Å². The van der Waals surface area contributed by atoms with E-state index in [4.69, 9.17) is 2.74 Å². The van der Waals surface area contributed by atoms with Gasteiger partial charge in [-0.05, 0) is 99.2 Å². The minimum atomic E-state index is -0.901.